The van der Waals surface area contributed by atoms with Gasteiger partial charge in [0.05, 0.1) is 6.20 Å². The zero-order valence-electron chi connectivity index (χ0n) is 4.53. The van der Waals surface area contributed by atoms with E-state index in [1.165, 1.54) is 0 Å². The van der Waals surface area contributed by atoms with Crippen LogP contribution in [0, 0.1) is 0 Å². The number of carboxylic acid groups (broad SMARTS) is 1. The number of carbonyl (C=O) groups is 1. The smallest absolute Gasteiger partial charge is 0.322 e. The summed E-state index contributed by atoms with van der Waals surface area (Å²) in [6.07, 6.45) is 0.786. The highest BCUT2D eigenvalue weighted by Crippen LogP contribution is 1.72. The van der Waals surface area contributed by atoms with Crippen molar-refractivity contribution < 1.29 is 20.1 Å². The van der Waals surface area contributed by atoms with E-state index in [-0.39, 0.29) is 6.54 Å². The van der Waals surface area contributed by atoms with Gasteiger partial charge in [0.2, 0.25) is 0 Å². The number of aliphatic hydroxyl groups is 2. The molecular formula is C4H7NO4. The summed E-state index contributed by atoms with van der Waals surface area (Å²) in [5.41, 5.74) is 0. The number of carboxylic acids is 1. The highest BCUT2D eigenvalue weighted by Gasteiger charge is 1.90. The van der Waals surface area contributed by atoms with Crippen molar-refractivity contribution in [3.05, 3.63) is 12.1 Å². The second-order valence-corrected chi connectivity index (χ2v) is 1.28. The molecule has 0 aliphatic heterocycles. The van der Waals surface area contributed by atoms with Crippen LogP contribution < -0.4 is 5.32 Å². The minimum atomic E-state index is -1.06. The maximum atomic E-state index is 9.73. The third-order valence-corrected chi connectivity index (χ3v) is 0.484. The molecule has 4 N–H and O–H groups in total. The standard InChI is InChI=1S/C4H7NO4/c6-3(7)1-5-2-4(8)9/h1,5-7H,2H2,(H,8,9). The van der Waals surface area contributed by atoms with Crippen molar-refractivity contribution in [2.24, 2.45) is 0 Å². The highest BCUT2D eigenvalue weighted by molar-refractivity contribution is 5.69. The Balaban J connectivity index is 3.31. The van der Waals surface area contributed by atoms with Crippen LogP contribution >= 0.6 is 0 Å². The van der Waals surface area contributed by atoms with Crippen LogP contribution in [0.15, 0.2) is 12.1 Å². The van der Waals surface area contributed by atoms with Gasteiger partial charge in [-0.05, 0) is 0 Å². The Labute approximate surface area is 51.2 Å². The van der Waals surface area contributed by atoms with Crippen LogP contribution in [0.1, 0.15) is 0 Å². The fourth-order valence-corrected chi connectivity index (χ4v) is 0.230. The van der Waals surface area contributed by atoms with Crippen LogP contribution in [0.25, 0.3) is 0 Å². The monoisotopic (exact) mass is 133 g/mol. The summed E-state index contributed by atoms with van der Waals surface area (Å²) in [7, 11) is 0. The Morgan fingerprint density at radius 3 is 2.33 bits per heavy atom. The van der Waals surface area contributed by atoms with E-state index in [0.717, 1.165) is 6.20 Å². The topological polar surface area (TPSA) is 89.8 Å². The molecule has 0 unspecified atom stereocenters. The van der Waals surface area contributed by atoms with E-state index in [1.54, 1.807) is 0 Å². The van der Waals surface area contributed by atoms with Gasteiger partial charge in [-0.2, -0.15) is 0 Å². The molecule has 0 radical (unpaired) electrons. The van der Waals surface area contributed by atoms with Crippen molar-refractivity contribution in [1.82, 2.24) is 5.32 Å². The molecule has 5 heteroatoms. The van der Waals surface area contributed by atoms with Gasteiger partial charge in [-0.15, -0.1) is 0 Å². The first-order valence-electron chi connectivity index (χ1n) is 2.16. The first-order chi connectivity index (χ1) is 4.13. The Hall–Kier alpha value is -1.39. The fraction of sp³-hybridized carbons (Fsp3) is 0.250. The van der Waals surface area contributed by atoms with Gasteiger partial charge in [0.1, 0.15) is 6.54 Å². The van der Waals surface area contributed by atoms with E-state index < -0.39 is 11.9 Å². The lowest BCUT2D eigenvalue weighted by atomic mass is 10.6. The van der Waals surface area contributed by atoms with Gasteiger partial charge in [0.25, 0.3) is 5.95 Å². The number of nitrogens with one attached hydrogen (secondary N) is 1. The van der Waals surface area contributed by atoms with Gasteiger partial charge in [0, 0.05) is 0 Å². The van der Waals surface area contributed by atoms with Gasteiger partial charge in [-0.25, -0.2) is 0 Å². The molecule has 0 aliphatic carbocycles. The van der Waals surface area contributed by atoms with Crippen molar-refractivity contribution in [2.75, 3.05) is 6.54 Å². The van der Waals surface area contributed by atoms with Crippen molar-refractivity contribution in [1.29, 1.82) is 0 Å². The predicted octanol–water partition coefficient (Wildman–Crippen LogP) is -0.424. The number of rotatable bonds is 3. The molecule has 0 aromatic heterocycles. The van der Waals surface area contributed by atoms with Crippen molar-refractivity contribution in [3.8, 4) is 0 Å². The lowest BCUT2D eigenvalue weighted by Crippen LogP contribution is -2.17. The average molecular weight is 133 g/mol. The second-order valence-electron chi connectivity index (χ2n) is 1.28. The third-order valence-electron chi connectivity index (χ3n) is 0.484. The number of hydrogen-bond donors (Lipinski definition) is 4. The molecule has 0 spiro atoms. The quantitative estimate of drug-likeness (QED) is 0.392. The van der Waals surface area contributed by atoms with Crippen LogP contribution in [-0.4, -0.2) is 27.8 Å². The number of hydrogen-bond acceptors (Lipinski definition) is 4. The van der Waals surface area contributed by atoms with E-state index in [4.69, 9.17) is 15.3 Å². The van der Waals surface area contributed by atoms with Gasteiger partial charge in [-0.1, -0.05) is 0 Å². The van der Waals surface area contributed by atoms with Crippen molar-refractivity contribution in [2.45, 2.75) is 0 Å². The largest absolute Gasteiger partial charge is 0.480 e. The van der Waals surface area contributed by atoms with Gasteiger partial charge < -0.3 is 20.6 Å². The van der Waals surface area contributed by atoms with Gasteiger partial charge >= 0.3 is 5.97 Å². The molecule has 52 valence electrons. The summed E-state index contributed by atoms with van der Waals surface area (Å²) < 4.78 is 0. The van der Waals surface area contributed by atoms with Gasteiger partial charge in [0.15, 0.2) is 0 Å². The molecule has 0 aromatic rings. The van der Waals surface area contributed by atoms with Crippen LogP contribution in [0.5, 0.6) is 0 Å². The molecule has 9 heavy (non-hydrogen) atoms. The zero-order chi connectivity index (χ0) is 7.28. The van der Waals surface area contributed by atoms with Crippen molar-refractivity contribution >= 4 is 5.97 Å². The minimum Gasteiger partial charge on any atom is -0.480 e. The van der Waals surface area contributed by atoms with Crippen molar-refractivity contribution in [3.63, 3.8) is 0 Å². The average Bonchev–Trinajstić information content (AvgIpc) is 1.63. The van der Waals surface area contributed by atoms with E-state index in [1.807, 2.05) is 0 Å². The van der Waals surface area contributed by atoms with E-state index in [2.05, 4.69) is 5.32 Å². The van der Waals surface area contributed by atoms with Crippen LogP contribution in [0.2, 0.25) is 0 Å². The molecule has 0 atom stereocenters. The molecular weight excluding hydrogens is 126 g/mol. The van der Waals surface area contributed by atoms with E-state index in [9.17, 15) is 4.79 Å². The molecule has 0 aliphatic rings. The summed E-state index contributed by atoms with van der Waals surface area (Å²) in [6, 6.07) is 0. The maximum Gasteiger partial charge on any atom is 0.322 e. The summed E-state index contributed by atoms with van der Waals surface area (Å²) >= 11 is 0. The molecule has 0 saturated carbocycles. The molecule has 0 rings (SSSR count). The van der Waals surface area contributed by atoms with E-state index in [0.29, 0.717) is 0 Å². The SMILES string of the molecule is O=C(O)CNC=C(O)O. The molecule has 0 heterocycles. The Morgan fingerprint density at radius 2 is 2.00 bits per heavy atom. The molecule has 0 saturated heterocycles. The first-order valence-corrected chi connectivity index (χ1v) is 2.16. The van der Waals surface area contributed by atoms with Crippen LogP contribution in [0.3, 0.4) is 0 Å². The zero-order valence-corrected chi connectivity index (χ0v) is 4.53. The molecule has 0 bridgehead atoms. The van der Waals surface area contributed by atoms with E-state index >= 15 is 0 Å². The maximum absolute atomic E-state index is 9.73. The second kappa shape index (κ2) is 3.59. The third kappa shape index (κ3) is 6.61. The summed E-state index contributed by atoms with van der Waals surface area (Å²) in [6.45, 7) is -0.329. The Bertz CT molecular complexity index is 127. The summed E-state index contributed by atoms with van der Waals surface area (Å²) in [4.78, 5) is 9.73. The minimum absolute atomic E-state index is 0.329. The molecule has 0 amide bonds. The van der Waals surface area contributed by atoms with Gasteiger partial charge in [-0.3, -0.25) is 4.79 Å². The summed E-state index contributed by atoms with van der Waals surface area (Å²) in [5, 5.41) is 26.1. The first kappa shape index (κ1) is 7.61. The highest BCUT2D eigenvalue weighted by atomic mass is 16.5. The lowest BCUT2D eigenvalue weighted by Gasteiger charge is -1.92. The lowest BCUT2D eigenvalue weighted by molar-refractivity contribution is -0.135. The normalized spacial score (nSPS) is 8.00. The molecule has 5 nitrogen and oxygen atoms in total. The number of aliphatic carboxylic acids is 1. The Kier molecular flexibility index (Phi) is 3.04. The molecule has 0 aromatic carbocycles. The fourth-order valence-electron chi connectivity index (χ4n) is 0.230. The number of aliphatic hydroxyl groups excluding tert-OH is 1. The Morgan fingerprint density at radius 1 is 1.44 bits per heavy atom. The predicted molar refractivity (Wildman–Crippen MR) is 29.0 cm³/mol. The summed E-state index contributed by atoms with van der Waals surface area (Å²) in [5.74, 6) is -2.00. The van der Waals surface area contributed by atoms with Crippen LogP contribution in [0.4, 0.5) is 0 Å². The van der Waals surface area contributed by atoms with Crippen LogP contribution in [-0.2, 0) is 4.79 Å². The molecule has 0 fully saturated rings.